The zero-order valence-electron chi connectivity index (χ0n) is 9.95. The van der Waals surface area contributed by atoms with Gasteiger partial charge in [0.05, 0.1) is 4.92 Å². The highest BCUT2D eigenvalue weighted by Gasteiger charge is 2.13. The molecule has 1 heterocycles. The fourth-order valence-corrected chi connectivity index (χ4v) is 2.38. The van der Waals surface area contributed by atoms with E-state index in [9.17, 15) is 10.1 Å². The highest BCUT2D eigenvalue weighted by atomic mass is 32.2. The average molecular weight is 264 g/mol. The minimum absolute atomic E-state index is 0.0556. The van der Waals surface area contributed by atoms with Crippen LogP contribution >= 0.6 is 11.8 Å². The van der Waals surface area contributed by atoms with E-state index in [1.165, 1.54) is 17.8 Å². The lowest BCUT2D eigenvalue weighted by Crippen LogP contribution is -1.93. The molecule has 94 valence electrons. The van der Waals surface area contributed by atoms with Crippen molar-refractivity contribution in [3.05, 3.63) is 45.8 Å². The molecule has 1 aromatic carbocycles. The Morgan fingerprint density at radius 1 is 1.50 bits per heavy atom. The first-order chi connectivity index (χ1) is 8.56. The first-order valence-electron chi connectivity index (χ1n) is 5.36. The number of nitro benzene ring substituents is 1. The molecule has 0 aliphatic rings. The molecule has 0 radical (unpaired) electrons. The Morgan fingerprint density at radius 3 is 2.89 bits per heavy atom. The highest BCUT2D eigenvalue weighted by Crippen LogP contribution is 2.33. The molecule has 1 atom stereocenters. The van der Waals surface area contributed by atoms with Gasteiger partial charge in [0, 0.05) is 17.4 Å². The maximum atomic E-state index is 10.7. The smallest absolute Gasteiger partial charge is 0.262 e. The van der Waals surface area contributed by atoms with E-state index in [-0.39, 0.29) is 10.9 Å². The molecule has 0 aliphatic heterocycles. The predicted molar refractivity (Wildman–Crippen MR) is 68.5 cm³/mol. The zero-order chi connectivity index (χ0) is 13.1. The van der Waals surface area contributed by atoms with Crippen molar-refractivity contribution in [1.82, 2.24) is 15.2 Å². The summed E-state index contributed by atoms with van der Waals surface area (Å²) in [4.78, 5) is 14.5. The fraction of sp³-hybridized carbons (Fsp3) is 0.273. The van der Waals surface area contributed by atoms with Crippen molar-refractivity contribution in [2.75, 3.05) is 0 Å². The predicted octanol–water partition coefficient (Wildman–Crippen LogP) is 2.87. The number of hydrogen-bond acceptors (Lipinski definition) is 5. The van der Waals surface area contributed by atoms with Crippen LogP contribution in [0.5, 0.6) is 0 Å². The molecule has 0 aliphatic carbocycles. The van der Waals surface area contributed by atoms with Crippen LogP contribution in [0.2, 0.25) is 0 Å². The molecule has 7 heteroatoms. The van der Waals surface area contributed by atoms with Crippen LogP contribution in [0.25, 0.3) is 0 Å². The second kappa shape index (κ2) is 5.18. The topological polar surface area (TPSA) is 84.7 Å². The maximum absolute atomic E-state index is 10.7. The van der Waals surface area contributed by atoms with Crippen LogP contribution in [-0.2, 0) is 0 Å². The molecular weight excluding hydrogens is 252 g/mol. The summed E-state index contributed by atoms with van der Waals surface area (Å²) in [6, 6.07) is 6.62. The molecule has 0 bridgehead atoms. The average Bonchev–Trinajstić information content (AvgIpc) is 2.75. The van der Waals surface area contributed by atoms with Crippen molar-refractivity contribution in [2.45, 2.75) is 24.3 Å². The molecule has 0 saturated heterocycles. The lowest BCUT2D eigenvalue weighted by atomic mass is 10.1. The molecule has 1 N–H and O–H groups in total. The number of aromatic nitrogens is 3. The third-order valence-corrected chi connectivity index (χ3v) is 3.43. The van der Waals surface area contributed by atoms with E-state index in [2.05, 4.69) is 15.2 Å². The summed E-state index contributed by atoms with van der Waals surface area (Å²) in [6.07, 6.45) is 0. The number of H-pyrrole nitrogens is 1. The van der Waals surface area contributed by atoms with E-state index in [4.69, 9.17) is 0 Å². The summed E-state index contributed by atoms with van der Waals surface area (Å²) in [5, 5.41) is 18.2. The van der Waals surface area contributed by atoms with Crippen molar-refractivity contribution in [3.63, 3.8) is 0 Å². The van der Waals surface area contributed by atoms with Crippen LogP contribution in [0, 0.1) is 17.0 Å². The molecule has 1 aromatic heterocycles. The van der Waals surface area contributed by atoms with Gasteiger partial charge in [0.25, 0.3) is 5.69 Å². The van der Waals surface area contributed by atoms with Gasteiger partial charge in [-0.25, -0.2) is 4.98 Å². The summed E-state index contributed by atoms with van der Waals surface area (Å²) in [7, 11) is 0. The molecule has 18 heavy (non-hydrogen) atoms. The van der Waals surface area contributed by atoms with E-state index in [1.54, 1.807) is 12.1 Å². The van der Waals surface area contributed by atoms with Crippen molar-refractivity contribution in [3.8, 4) is 0 Å². The van der Waals surface area contributed by atoms with Crippen LogP contribution in [0.1, 0.15) is 23.6 Å². The van der Waals surface area contributed by atoms with Gasteiger partial charge in [-0.1, -0.05) is 23.9 Å². The van der Waals surface area contributed by atoms with E-state index in [0.29, 0.717) is 5.16 Å². The van der Waals surface area contributed by atoms with E-state index in [0.717, 1.165) is 11.4 Å². The third kappa shape index (κ3) is 2.86. The number of benzene rings is 1. The molecule has 2 rings (SSSR count). The first-order valence-corrected chi connectivity index (χ1v) is 6.24. The maximum Gasteiger partial charge on any atom is 0.269 e. The molecule has 1 unspecified atom stereocenters. The number of nitro groups is 1. The summed E-state index contributed by atoms with van der Waals surface area (Å²) in [5.74, 6) is 0.753. The van der Waals surface area contributed by atoms with Gasteiger partial charge in [-0.2, -0.15) is 0 Å². The minimum Gasteiger partial charge on any atom is -0.262 e. The minimum atomic E-state index is -0.391. The zero-order valence-corrected chi connectivity index (χ0v) is 10.8. The van der Waals surface area contributed by atoms with Gasteiger partial charge >= 0.3 is 0 Å². The Balaban J connectivity index is 2.15. The van der Waals surface area contributed by atoms with Crippen LogP contribution in [0.15, 0.2) is 29.4 Å². The Morgan fingerprint density at radius 2 is 2.28 bits per heavy atom. The molecule has 0 spiro atoms. The number of thioether (sulfide) groups is 1. The van der Waals surface area contributed by atoms with Crippen molar-refractivity contribution >= 4 is 17.4 Å². The quantitative estimate of drug-likeness (QED) is 0.521. The summed E-state index contributed by atoms with van der Waals surface area (Å²) >= 11 is 1.46. The number of aromatic amines is 1. The van der Waals surface area contributed by atoms with Gasteiger partial charge in [0.1, 0.15) is 5.82 Å². The lowest BCUT2D eigenvalue weighted by Gasteiger charge is -2.08. The highest BCUT2D eigenvalue weighted by molar-refractivity contribution is 7.99. The summed E-state index contributed by atoms with van der Waals surface area (Å²) in [6.45, 7) is 3.80. The molecule has 0 saturated carbocycles. The van der Waals surface area contributed by atoms with E-state index in [1.807, 2.05) is 19.9 Å². The number of nitrogens with one attached hydrogen (secondary N) is 1. The van der Waals surface area contributed by atoms with Gasteiger partial charge in [0.15, 0.2) is 0 Å². The van der Waals surface area contributed by atoms with E-state index >= 15 is 0 Å². The van der Waals surface area contributed by atoms with Gasteiger partial charge < -0.3 is 0 Å². The Hall–Kier alpha value is -1.89. The van der Waals surface area contributed by atoms with Crippen LogP contribution in [0.3, 0.4) is 0 Å². The van der Waals surface area contributed by atoms with Gasteiger partial charge in [-0.3, -0.25) is 15.2 Å². The molecule has 0 fully saturated rings. The Bertz CT molecular complexity index is 570. The summed E-state index contributed by atoms with van der Waals surface area (Å²) < 4.78 is 0. The number of nitrogens with zero attached hydrogens (tertiary/aromatic N) is 3. The Kier molecular flexibility index (Phi) is 3.61. The largest absolute Gasteiger partial charge is 0.269 e. The summed E-state index contributed by atoms with van der Waals surface area (Å²) in [5.41, 5.74) is 0.989. The van der Waals surface area contributed by atoms with Crippen LogP contribution in [0.4, 0.5) is 5.69 Å². The standard InChI is InChI=1S/C11H12N4O2S/c1-7(18-11-12-8(2)13-14-11)9-4-3-5-10(6-9)15(16)17/h3-7H,1-2H3,(H,12,13,14). The van der Waals surface area contributed by atoms with E-state index < -0.39 is 4.92 Å². The van der Waals surface area contributed by atoms with Gasteiger partial charge in [0.2, 0.25) is 5.16 Å². The van der Waals surface area contributed by atoms with Crippen molar-refractivity contribution in [1.29, 1.82) is 0 Å². The normalized spacial score (nSPS) is 12.3. The lowest BCUT2D eigenvalue weighted by molar-refractivity contribution is -0.384. The van der Waals surface area contributed by atoms with Crippen LogP contribution < -0.4 is 0 Å². The number of rotatable bonds is 4. The third-order valence-electron chi connectivity index (χ3n) is 2.41. The second-order valence-electron chi connectivity index (χ2n) is 3.82. The van der Waals surface area contributed by atoms with Gasteiger partial charge in [-0.05, 0) is 19.4 Å². The molecular formula is C11H12N4O2S. The first kappa shape index (κ1) is 12.6. The van der Waals surface area contributed by atoms with Crippen molar-refractivity contribution < 1.29 is 4.92 Å². The van der Waals surface area contributed by atoms with Crippen molar-refractivity contribution in [2.24, 2.45) is 0 Å². The Labute approximate surface area is 108 Å². The monoisotopic (exact) mass is 264 g/mol. The molecule has 6 nitrogen and oxygen atoms in total. The van der Waals surface area contributed by atoms with Gasteiger partial charge in [-0.15, -0.1) is 5.10 Å². The number of hydrogen-bond donors (Lipinski definition) is 1. The fourth-order valence-electron chi connectivity index (χ4n) is 1.49. The SMILES string of the molecule is Cc1nc(SC(C)c2cccc([N+](=O)[O-])c2)n[nH]1. The van der Waals surface area contributed by atoms with Crippen LogP contribution in [-0.4, -0.2) is 20.1 Å². The second-order valence-corrected chi connectivity index (χ2v) is 5.12. The molecule has 0 amide bonds. The number of non-ortho nitro benzene ring substituents is 1. The number of aryl methyl sites for hydroxylation is 1. The molecule has 2 aromatic rings.